The molecule has 96 valence electrons. The van der Waals surface area contributed by atoms with Gasteiger partial charge in [0.15, 0.2) is 11.6 Å². The van der Waals surface area contributed by atoms with Gasteiger partial charge in [-0.05, 0) is 32.0 Å². The molecular formula is C13H14BrFN2O. The summed E-state index contributed by atoms with van der Waals surface area (Å²) in [6.45, 7) is 4.42. The summed E-state index contributed by atoms with van der Waals surface area (Å²) in [5, 5.41) is 0. The van der Waals surface area contributed by atoms with Crippen LogP contribution in [0.2, 0.25) is 0 Å². The minimum atomic E-state index is -0.367. The van der Waals surface area contributed by atoms with Crippen molar-refractivity contribution in [2.24, 2.45) is 0 Å². The molecule has 0 aliphatic carbocycles. The molecule has 0 fully saturated rings. The van der Waals surface area contributed by atoms with Gasteiger partial charge in [0.2, 0.25) is 0 Å². The van der Waals surface area contributed by atoms with E-state index in [-0.39, 0.29) is 11.6 Å². The Kier molecular flexibility index (Phi) is 4.01. The molecule has 18 heavy (non-hydrogen) atoms. The first-order chi connectivity index (χ1) is 8.58. The lowest BCUT2D eigenvalue weighted by Gasteiger charge is -2.13. The van der Waals surface area contributed by atoms with Crippen LogP contribution in [-0.2, 0) is 6.61 Å². The average Bonchev–Trinajstić information content (AvgIpc) is 2.79. The van der Waals surface area contributed by atoms with Crippen LogP contribution in [0.15, 0.2) is 35.2 Å². The third-order valence-corrected chi connectivity index (χ3v) is 3.06. The Hall–Kier alpha value is -1.36. The lowest BCUT2D eigenvalue weighted by molar-refractivity contribution is 0.278. The quantitative estimate of drug-likeness (QED) is 0.855. The molecule has 0 bridgehead atoms. The van der Waals surface area contributed by atoms with Crippen molar-refractivity contribution in [2.45, 2.75) is 26.5 Å². The van der Waals surface area contributed by atoms with Crippen molar-refractivity contribution in [2.75, 3.05) is 0 Å². The van der Waals surface area contributed by atoms with Crippen LogP contribution < -0.4 is 4.74 Å². The van der Waals surface area contributed by atoms with Crippen LogP contribution in [0.25, 0.3) is 0 Å². The highest BCUT2D eigenvalue weighted by molar-refractivity contribution is 9.10. The Labute approximate surface area is 114 Å². The largest absolute Gasteiger partial charge is 0.484 e. The standard InChI is InChI=1S/C13H14BrFN2O/c1-9(2)17-8-16-6-11(17)7-18-13-5-10(14)3-4-12(13)15/h3-6,8-9H,7H2,1-2H3. The second kappa shape index (κ2) is 5.52. The normalized spacial score (nSPS) is 10.9. The highest BCUT2D eigenvalue weighted by Gasteiger charge is 2.08. The second-order valence-corrected chi connectivity index (χ2v) is 5.17. The Balaban J connectivity index is 2.11. The summed E-state index contributed by atoms with van der Waals surface area (Å²) in [5.41, 5.74) is 0.921. The molecular weight excluding hydrogens is 299 g/mol. The Morgan fingerprint density at radius 2 is 2.22 bits per heavy atom. The van der Waals surface area contributed by atoms with E-state index in [1.165, 1.54) is 6.07 Å². The van der Waals surface area contributed by atoms with Crippen LogP contribution >= 0.6 is 15.9 Å². The van der Waals surface area contributed by atoms with E-state index in [0.717, 1.165) is 10.2 Å². The maximum atomic E-state index is 13.5. The molecule has 5 heteroatoms. The molecule has 0 N–H and O–H groups in total. The van der Waals surface area contributed by atoms with Gasteiger partial charge in [-0.15, -0.1) is 0 Å². The highest BCUT2D eigenvalue weighted by atomic mass is 79.9. The molecule has 2 rings (SSSR count). The number of nitrogens with zero attached hydrogens (tertiary/aromatic N) is 2. The van der Waals surface area contributed by atoms with Gasteiger partial charge in [0.25, 0.3) is 0 Å². The first-order valence-electron chi connectivity index (χ1n) is 5.66. The number of hydrogen-bond donors (Lipinski definition) is 0. The number of benzene rings is 1. The molecule has 0 unspecified atom stereocenters. The fourth-order valence-electron chi connectivity index (χ4n) is 1.65. The number of ether oxygens (including phenoxy) is 1. The molecule has 0 spiro atoms. The van der Waals surface area contributed by atoms with Crippen molar-refractivity contribution in [1.29, 1.82) is 0 Å². The topological polar surface area (TPSA) is 27.1 Å². The summed E-state index contributed by atoms with van der Waals surface area (Å²) in [7, 11) is 0. The van der Waals surface area contributed by atoms with Gasteiger partial charge in [-0.1, -0.05) is 15.9 Å². The van der Waals surface area contributed by atoms with Crippen LogP contribution in [0.1, 0.15) is 25.6 Å². The Morgan fingerprint density at radius 1 is 1.44 bits per heavy atom. The van der Waals surface area contributed by atoms with Crippen molar-refractivity contribution in [3.8, 4) is 5.75 Å². The highest BCUT2D eigenvalue weighted by Crippen LogP contribution is 2.23. The zero-order valence-corrected chi connectivity index (χ0v) is 11.8. The lowest BCUT2D eigenvalue weighted by Crippen LogP contribution is -2.07. The predicted octanol–water partition coefficient (Wildman–Crippen LogP) is 3.94. The molecule has 0 atom stereocenters. The molecule has 0 aliphatic heterocycles. The lowest BCUT2D eigenvalue weighted by atomic mass is 10.3. The molecule has 3 nitrogen and oxygen atoms in total. The fourth-order valence-corrected chi connectivity index (χ4v) is 1.99. The Morgan fingerprint density at radius 3 is 2.94 bits per heavy atom. The van der Waals surface area contributed by atoms with E-state index < -0.39 is 0 Å². The first kappa shape index (κ1) is 13.1. The van der Waals surface area contributed by atoms with E-state index in [4.69, 9.17) is 4.74 Å². The summed E-state index contributed by atoms with van der Waals surface area (Å²) in [5.74, 6) is -0.130. The number of aromatic nitrogens is 2. The van der Waals surface area contributed by atoms with Crippen LogP contribution in [0.5, 0.6) is 5.75 Å². The average molecular weight is 313 g/mol. The van der Waals surface area contributed by atoms with E-state index in [1.54, 1.807) is 24.7 Å². The molecule has 0 saturated carbocycles. The van der Waals surface area contributed by atoms with Gasteiger partial charge in [-0.25, -0.2) is 9.37 Å². The van der Waals surface area contributed by atoms with Crippen molar-refractivity contribution >= 4 is 15.9 Å². The van der Waals surface area contributed by atoms with Crippen molar-refractivity contribution in [3.05, 3.63) is 46.7 Å². The van der Waals surface area contributed by atoms with E-state index >= 15 is 0 Å². The summed E-state index contributed by atoms with van der Waals surface area (Å²) < 4.78 is 21.8. The zero-order chi connectivity index (χ0) is 13.1. The maximum absolute atomic E-state index is 13.5. The van der Waals surface area contributed by atoms with Crippen LogP contribution in [0, 0.1) is 5.82 Å². The number of hydrogen-bond acceptors (Lipinski definition) is 2. The molecule has 2 aromatic rings. The molecule has 1 heterocycles. The van der Waals surface area contributed by atoms with E-state index in [9.17, 15) is 4.39 Å². The van der Waals surface area contributed by atoms with E-state index in [2.05, 4.69) is 34.8 Å². The maximum Gasteiger partial charge on any atom is 0.165 e. The van der Waals surface area contributed by atoms with Gasteiger partial charge in [0, 0.05) is 10.5 Å². The molecule has 1 aromatic carbocycles. The summed E-state index contributed by atoms with van der Waals surface area (Å²) in [6, 6.07) is 4.93. The van der Waals surface area contributed by atoms with Crippen molar-refractivity contribution < 1.29 is 9.13 Å². The predicted molar refractivity (Wildman–Crippen MR) is 71.0 cm³/mol. The van der Waals surface area contributed by atoms with Crippen LogP contribution in [0.4, 0.5) is 4.39 Å². The second-order valence-electron chi connectivity index (χ2n) is 4.25. The van der Waals surface area contributed by atoms with Crippen LogP contribution in [-0.4, -0.2) is 9.55 Å². The minimum absolute atomic E-state index is 0.237. The number of halogens is 2. The minimum Gasteiger partial charge on any atom is -0.484 e. The molecule has 0 radical (unpaired) electrons. The zero-order valence-electron chi connectivity index (χ0n) is 10.2. The van der Waals surface area contributed by atoms with Gasteiger partial charge < -0.3 is 9.30 Å². The summed E-state index contributed by atoms with van der Waals surface area (Å²) in [4.78, 5) is 4.08. The van der Waals surface area contributed by atoms with Gasteiger partial charge in [-0.2, -0.15) is 0 Å². The van der Waals surface area contributed by atoms with Gasteiger partial charge in [0.05, 0.1) is 18.2 Å². The molecule has 0 aliphatic rings. The summed E-state index contributed by atoms with van der Waals surface area (Å²) in [6.07, 6.45) is 3.48. The van der Waals surface area contributed by atoms with Crippen molar-refractivity contribution in [1.82, 2.24) is 9.55 Å². The van der Waals surface area contributed by atoms with Crippen molar-refractivity contribution in [3.63, 3.8) is 0 Å². The SMILES string of the molecule is CC(C)n1cncc1COc1cc(Br)ccc1F. The monoisotopic (exact) mass is 312 g/mol. The van der Waals surface area contributed by atoms with E-state index in [1.807, 2.05) is 4.57 Å². The fraction of sp³-hybridized carbons (Fsp3) is 0.308. The number of rotatable bonds is 4. The first-order valence-corrected chi connectivity index (χ1v) is 6.46. The van der Waals surface area contributed by atoms with Crippen LogP contribution in [0.3, 0.4) is 0 Å². The third-order valence-electron chi connectivity index (χ3n) is 2.57. The molecule has 0 saturated heterocycles. The number of imidazole rings is 1. The Bertz CT molecular complexity index is 540. The van der Waals surface area contributed by atoms with Gasteiger partial charge in [-0.3, -0.25) is 0 Å². The summed E-state index contributed by atoms with van der Waals surface area (Å²) >= 11 is 3.29. The smallest absolute Gasteiger partial charge is 0.165 e. The van der Waals surface area contributed by atoms with E-state index in [0.29, 0.717) is 12.6 Å². The van der Waals surface area contributed by atoms with Gasteiger partial charge in [0.1, 0.15) is 6.61 Å². The molecule has 1 aromatic heterocycles. The van der Waals surface area contributed by atoms with Gasteiger partial charge >= 0.3 is 0 Å². The molecule has 0 amide bonds. The third kappa shape index (κ3) is 2.90.